The van der Waals surface area contributed by atoms with Crippen LogP contribution in [-0.4, -0.2) is 43.9 Å². The van der Waals surface area contributed by atoms with Gasteiger partial charge in [0, 0.05) is 30.5 Å². The molecule has 7 nitrogen and oxygen atoms in total. The van der Waals surface area contributed by atoms with E-state index >= 15 is 0 Å². The van der Waals surface area contributed by atoms with E-state index in [4.69, 9.17) is 9.15 Å². The van der Waals surface area contributed by atoms with E-state index in [9.17, 15) is 8.42 Å². The molecule has 1 aliphatic rings. The maximum atomic E-state index is 11.9. The molecule has 0 aliphatic carbocycles. The Balaban J connectivity index is 1.65. The average Bonchev–Trinajstić information content (AvgIpc) is 3.46. The van der Waals surface area contributed by atoms with Crippen molar-refractivity contribution in [3.8, 4) is 22.5 Å². The summed E-state index contributed by atoms with van der Waals surface area (Å²) in [5, 5.41) is 4.21. The van der Waals surface area contributed by atoms with Crippen molar-refractivity contribution in [2.45, 2.75) is 23.8 Å². The number of sulfone groups is 1. The molecule has 5 rings (SSSR count). The van der Waals surface area contributed by atoms with E-state index in [-0.39, 0.29) is 11.0 Å². The van der Waals surface area contributed by atoms with E-state index < -0.39 is 9.84 Å². The second-order valence-corrected chi connectivity index (χ2v) is 9.90. The van der Waals surface area contributed by atoms with Gasteiger partial charge in [0.15, 0.2) is 9.84 Å². The Morgan fingerprint density at radius 2 is 1.81 bits per heavy atom. The highest BCUT2D eigenvalue weighted by Crippen LogP contribution is 2.42. The molecule has 0 bridgehead atoms. The molecule has 0 unspecified atom stereocenters. The molecule has 2 aromatic carbocycles. The van der Waals surface area contributed by atoms with Crippen LogP contribution >= 0.6 is 0 Å². The smallest absolute Gasteiger partial charge is 0.232 e. The lowest BCUT2D eigenvalue weighted by molar-refractivity contribution is 0.120. The van der Waals surface area contributed by atoms with Gasteiger partial charge in [-0.15, -0.1) is 0 Å². The van der Waals surface area contributed by atoms with Gasteiger partial charge in [-0.1, -0.05) is 30.3 Å². The molecule has 3 heterocycles. The molecule has 0 radical (unpaired) electrons. The van der Waals surface area contributed by atoms with Gasteiger partial charge in [0.25, 0.3) is 0 Å². The lowest BCUT2D eigenvalue weighted by Crippen LogP contribution is -2.19. The van der Waals surface area contributed by atoms with Gasteiger partial charge in [0.05, 0.1) is 16.4 Å². The number of nitrogens with zero attached hydrogens (tertiary/aromatic N) is 2. The number of hydrogen-bond donors (Lipinski definition) is 1. The molecule has 0 spiro atoms. The molecule has 164 valence electrons. The minimum absolute atomic E-state index is 0.162. The predicted octanol–water partition coefficient (Wildman–Crippen LogP) is 4.55. The fourth-order valence-electron chi connectivity index (χ4n) is 4.02. The predicted molar refractivity (Wildman–Crippen MR) is 123 cm³/mol. The summed E-state index contributed by atoms with van der Waals surface area (Å²) in [6.07, 6.45) is 4.93. The number of rotatable bonds is 6. The molecular formula is C24H23N3O4S. The third-order valence-corrected chi connectivity index (χ3v) is 6.75. The molecule has 32 heavy (non-hydrogen) atoms. The van der Waals surface area contributed by atoms with Crippen LogP contribution in [0.15, 0.2) is 70.2 Å². The molecule has 4 aromatic rings. The minimum atomic E-state index is -3.29. The fraction of sp³-hybridized carbons (Fsp3) is 0.250. The van der Waals surface area contributed by atoms with Gasteiger partial charge in [0.2, 0.25) is 5.71 Å². The largest absolute Gasteiger partial charge is 0.437 e. The Morgan fingerprint density at radius 1 is 1.03 bits per heavy atom. The molecule has 0 amide bonds. The molecule has 1 fully saturated rings. The van der Waals surface area contributed by atoms with Gasteiger partial charge in [-0.2, -0.15) is 0 Å². The molecule has 1 atom stereocenters. The Kier molecular flexibility index (Phi) is 5.40. The number of furan rings is 1. The van der Waals surface area contributed by atoms with Crippen molar-refractivity contribution in [2.75, 3.05) is 24.7 Å². The van der Waals surface area contributed by atoms with Gasteiger partial charge >= 0.3 is 0 Å². The van der Waals surface area contributed by atoms with Crippen LogP contribution in [0.4, 0.5) is 5.82 Å². The summed E-state index contributed by atoms with van der Waals surface area (Å²) in [5.74, 6) is 1.30. The lowest BCUT2D eigenvalue weighted by Gasteiger charge is -2.12. The SMILES string of the molecule is CS(=O)(=O)c1ccc(-c2oc3ncnc(NC[C@@H]4CCCO4)c3c2-c2ccccc2)cc1. The van der Waals surface area contributed by atoms with E-state index in [2.05, 4.69) is 15.3 Å². The monoisotopic (exact) mass is 449 g/mol. The number of hydrogen-bond acceptors (Lipinski definition) is 7. The first-order chi connectivity index (χ1) is 15.5. The van der Waals surface area contributed by atoms with Crippen LogP contribution in [0.3, 0.4) is 0 Å². The van der Waals surface area contributed by atoms with Crippen LogP contribution in [-0.2, 0) is 14.6 Å². The summed E-state index contributed by atoms with van der Waals surface area (Å²) in [6, 6.07) is 16.6. The zero-order valence-electron chi connectivity index (χ0n) is 17.6. The summed E-state index contributed by atoms with van der Waals surface area (Å²) >= 11 is 0. The van der Waals surface area contributed by atoms with Crippen molar-refractivity contribution >= 4 is 26.8 Å². The number of benzene rings is 2. The Bertz CT molecular complexity index is 1340. The number of fused-ring (bicyclic) bond motifs is 1. The van der Waals surface area contributed by atoms with Crippen LogP contribution in [0.25, 0.3) is 33.6 Å². The molecule has 2 aromatic heterocycles. The van der Waals surface area contributed by atoms with Crippen molar-refractivity contribution in [3.05, 3.63) is 60.9 Å². The van der Waals surface area contributed by atoms with Gasteiger partial charge in [0.1, 0.15) is 17.9 Å². The van der Waals surface area contributed by atoms with Gasteiger partial charge < -0.3 is 14.5 Å². The topological polar surface area (TPSA) is 94.3 Å². The van der Waals surface area contributed by atoms with Crippen LogP contribution in [0.1, 0.15) is 12.8 Å². The average molecular weight is 450 g/mol. The number of nitrogens with one attached hydrogen (secondary N) is 1. The standard InChI is InChI=1S/C24H23N3O4S/c1-32(28,29)19-11-9-17(10-12-19)22-20(16-6-3-2-4-7-16)21-23(26-15-27-24(21)31-22)25-14-18-8-5-13-30-18/h2-4,6-7,9-12,15,18H,5,8,13-14H2,1H3,(H,25,26,27)/t18-/m0/s1. The highest BCUT2D eigenvalue weighted by Gasteiger charge is 2.23. The summed E-state index contributed by atoms with van der Waals surface area (Å²) in [4.78, 5) is 9.12. The van der Waals surface area contributed by atoms with Gasteiger partial charge in [-0.05, 0) is 42.7 Å². The van der Waals surface area contributed by atoms with E-state index in [0.717, 1.165) is 41.5 Å². The number of aromatic nitrogens is 2. The van der Waals surface area contributed by atoms with Crippen LogP contribution < -0.4 is 5.32 Å². The summed E-state index contributed by atoms with van der Waals surface area (Å²) < 4.78 is 35.7. The van der Waals surface area contributed by atoms with E-state index in [1.54, 1.807) is 24.3 Å². The first-order valence-corrected chi connectivity index (χ1v) is 12.4. The van der Waals surface area contributed by atoms with Crippen molar-refractivity contribution in [3.63, 3.8) is 0 Å². The fourth-order valence-corrected chi connectivity index (χ4v) is 4.65. The Labute approximate surface area is 186 Å². The Morgan fingerprint density at radius 3 is 2.50 bits per heavy atom. The maximum absolute atomic E-state index is 11.9. The zero-order chi connectivity index (χ0) is 22.1. The summed E-state index contributed by atoms with van der Waals surface area (Å²) in [6.45, 7) is 1.45. The van der Waals surface area contributed by atoms with Crippen LogP contribution in [0, 0.1) is 0 Å². The zero-order valence-corrected chi connectivity index (χ0v) is 18.4. The van der Waals surface area contributed by atoms with Crippen molar-refractivity contribution in [1.29, 1.82) is 0 Å². The van der Waals surface area contributed by atoms with Crippen molar-refractivity contribution in [1.82, 2.24) is 9.97 Å². The molecule has 1 aliphatic heterocycles. The normalized spacial score (nSPS) is 16.5. The first-order valence-electron chi connectivity index (χ1n) is 10.5. The third kappa shape index (κ3) is 3.99. The lowest BCUT2D eigenvalue weighted by atomic mass is 9.99. The summed E-state index contributed by atoms with van der Waals surface area (Å²) in [5.41, 5.74) is 3.06. The molecule has 0 saturated carbocycles. The van der Waals surface area contributed by atoms with E-state index in [0.29, 0.717) is 23.8 Å². The molecular weight excluding hydrogens is 426 g/mol. The van der Waals surface area contributed by atoms with E-state index in [1.807, 2.05) is 30.3 Å². The number of ether oxygens (including phenoxy) is 1. The maximum Gasteiger partial charge on any atom is 0.232 e. The highest BCUT2D eigenvalue weighted by atomic mass is 32.2. The molecule has 1 N–H and O–H groups in total. The quantitative estimate of drug-likeness (QED) is 0.461. The number of anilines is 1. The molecule has 1 saturated heterocycles. The van der Waals surface area contributed by atoms with Crippen molar-refractivity contribution < 1.29 is 17.6 Å². The Hall–Kier alpha value is -3.23. The molecule has 8 heteroatoms. The van der Waals surface area contributed by atoms with Crippen LogP contribution in [0.2, 0.25) is 0 Å². The van der Waals surface area contributed by atoms with Gasteiger partial charge in [-0.3, -0.25) is 0 Å². The first kappa shape index (κ1) is 20.7. The second kappa shape index (κ2) is 8.37. The minimum Gasteiger partial charge on any atom is -0.437 e. The van der Waals surface area contributed by atoms with Crippen LogP contribution in [0.5, 0.6) is 0 Å². The second-order valence-electron chi connectivity index (χ2n) is 7.89. The third-order valence-electron chi connectivity index (χ3n) is 5.62. The van der Waals surface area contributed by atoms with Gasteiger partial charge in [-0.25, -0.2) is 18.4 Å². The van der Waals surface area contributed by atoms with Crippen molar-refractivity contribution in [2.24, 2.45) is 0 Å². The van der Waals surface area contributed by atoms with E-state index in [1.165, 1.54) is 12.6 Å². The summed E-state index contributed by atoms with van der Waals surface area (Å²) in [7, 11) is -3.29. The highest BCUT2D eigenvalue weighted by molar-refractivity contribution is 7.90.